The van der Waals surface area contributed by atoms with Gasteiger partial charge in [-0.1, -0.05) is 0 Å². The standard InChI is InChI=1S/C11H14BrNO3S/c1-11(2)15-5-8(16-11)4-13-10(14)7-3-9(12)17-6-7/h3,6,8H,4-5H2,1-2H3,(H,13,14). The van der Waals surface area contributed by atoms with Gasteiger partial charge in [0.25, 0.3) is 5.91 Å². The van der Waals surface area contributed by atoms with Gasteiger partial charge in [0.05, 0.1) is 16.0 Å². The lowest BCUT2D eigenvalue weighted by atomic mass is 10.3. The maximum Gasteiger partial charge on any atom is 0.252 e. The van der Waals surface area contributed by atoms with Gasteiger partial charge in [-0.25, -0.2) is 0 Å². The molecule has 0 spiro atoms. The van der Waals surface area contributed by atoms with Crippen molar-refractivity contribution in [1.29, 1.82) is 0 Å². The van der Waals surface area contributed by atoms with Crippen LogP contribution in [0.4, 0.5) is 0 Å². The fraction of sp³-hybridized carbons (Fsp3) is 0.545. The lowest BCUT2D eigenvalue weighted by Gasteiger charge is -2.17. The third kappa shape index (κ3) is 3.51. The van der Waals surface area contributed by atoms with E-state index < -0.39 is 5.79 Å². The zero-order valence-electron chi connectivity index (χ0n) is 9.66. The topological polar surface area (TPSA) is 47.6 Å². The zero-order valence-corrected chi connectivity index (χ0v) is 12.1. The Balaban J connectivity index is 1.81. The van der Waals surface area contributed by atoms with Gasteiger partial charge in [-0.15, -0.1) is 11.3 Å². The Labute approximate surface area is 112 Å². The van der Waals surface area contributed by atoms with Crippen LogP contribution in [0, 0.1) is 0 Å². The maximum absolute atomic E-state index is 11.8. The van der Waals surface area contributed by atoms with E-state index in [1.807, 2.05) is 19.2 Å². The molecule has 0 saturated carbocycles. The van der Waals surface area contributed by atoms with Gasteiger partial charge in [0.1, 0.15) is 6.10 Å². The summed E-state index contributed by atoms with van der Waals surface area (Å²) in [5, 5.41) is 4.65. The van der Waals surface area contributed by atoms with E-state index in [0.717, 1.165) is 3.79 Å². The number of carbonyl (C=O) groups excluding carboxylic acids is 1. The van der Waals surface area contributed by atoms with Gasteiger partial charge >= 0.3 is 0 Å². The van der Waals surface area contributed by atoms with Crippen molar-refractivity contribution >= 4 is 33.2 Å². The molecule has 0 aromatic carbocycles. The van der Waals surface area contributed by atoms with Crippen LogP contribution < -0.4 is 5.32 Å². The zero-order chi connectivity index (χ0) is 12.5. The summed E-state index contributed by atoms with van der Waals surface area (Å²) in [4.78, 5) is 11.8. The van der Waals surface area contributed by atoms with E-state index in [9.17, 15) is 4.79 Å². The first-order chi connectivity index (χ1) is 7.96. The molecule has 0 bridgehead atoms. The Kier molecular flexibility index (Phi) is 3.87. The van der Waals surface area contributed by atoms with Crippen molar-refractivity contribution < 1.29 is 14.3 Å². The Morgan fingerprint density at radius 1 is 1.71 bits per heavy atom. The van der Waals surface area contributed by atoms with Crippen LogP contribution in [-0.4, -0.2) is 30.9 Å². The minimum atomic E-state index is -0.541. The highest BCUT2D eigenvalue weighted by Gasteiger charge is 2.32. The number of thiophene rings is 1. The molecule has 0 radical (unpaired) electrons. The van der Waals surface area contributed by atoms with E-state index in [-0.39, 0.29) is 12.0 Å². The summed E-state index contributed by atoms with van der Waals surface area (Å²) in [6.07, 6.45) is -0.0731. The molecule has 2 heterocycles. The molecule has 4 nitrogen and oxygen atoms in total. The maximum atomic E-state index is 11.8. The second kappa shape index (κ2) is 5.06. The molecule has 1 aromatic heterocycles. The molecule has 1 fully saturated rings. The van der Waals surface area contributed by atoms with Crippen molar-refractivity contribution in [1.82, 2.24) is 5.32 Å². The predicted octanol–water partition coefficient (Wildman–Crippen LogP) is 2.39. The van der Waals surface area contributed by atoms with Crippen LogP contribution in [0.3, 0.4) is 0 Å². The minimum Gasteiger partial charge on any atom is -0.349 e. The Morgan fingerprint density at radius 2 is 2.47 bits per heavy atom. The number of ether oxygens (including phenoxy) is 2. The normalized spacial score (nSPS) is 22.6. The summed E-state index contributed by atoms with van der Waals surface area (Å²) in [6, 6.07) is 1.80. The molecule has 1 unspecified atom stereocenters. The molecule has 1 saturated heterocycles. The van der Waals surface area contributed by atoms with Crippen LogP contribution in [0.2, 0.25) is 0 Å². The summed E-state index contributed by atoms with van der Waals surface area (Å²) >= 11 is 4.82. The van der Waals surface area contributed by atoms with Gasteiger partial charge in [-0.05, 0) is 35.8 Å². The highest BCUT2D eigenvalue weighted by molar-refractivity contribution is 9.11. The van der Waals surface area contributed by atoms with Crippen LogP contribution >= 0.6 is 27.3 Å². The number of hydrogen-bond donors (Lipinski definition) is 1. The number of amides is 1. The minimum absolute atomic E-state index is 0.0731. The fourth-order valence-corrected chi connectivity index (χ4v) is 2.74. The van der Waals surface area contributed by atoms with Crippen molar-refractivity contribution in [3.05, 3.63) is 20.8 Å². The van der Waals surface area contributed by atoms with E-state index in [0.29, 0.717) is 18.7 Å². The first-order valence-corrected chi connectivity index (χ1v) is 6.97. The molecule has 1 aromatic rings. The van der Waals surface area contributed by atoms with Gasteiger partial charge in [-0.2, -0.15) is 0 Å². The average molecular weight is 320 g/mol. The second-order valence-corrected chi connectivity index (χ2v) is 6.59. The van der Waals surface area contributed by atoms with Gasteiger partial charge < -0.3 is 14.8 Å². The van der Waals surface area contributed by atoms with E-state index in [1.165, 1.54) is 11.3 Å². The van der Waals surface area contributed by atoms with E-state index >= 15 is 0 Å². The SMILES string of the molecule is CC1(C)OCC(CNC(=O)c2csc(Br)c2)O1. The third-order valence-electron chi connectivity index (χ3n) is 2.39. The molecule has 1 N–H and O–H groups in total. The van der Waals surface area contributed by atoms with E-state index in [2.05, 4.69) is 21.2 Å². The highest BCUT2D eigenvalue weighted by Crippen LogP contribution is 2.22. The molecule has 1 atom stereocenters. The van der Waals surface area contributed by atoms with Gasteiger partial charge in [0.15, 0.2) is 5.79 Å². The van der Waals surface area contributed by atoms with E-state index in [4.69, 9.17) is 9.47 Å². The molecule has 1 amide bonds. The number of nitrogens with one attached hydrogen (secondary N) is 1. The summed E-state index contributed by atoms with van der Waals surface area (Å²) in [6.45, 7) is 4.71. The Bertz CT molecular complexity index is 419. The fourth-order valence-electron chi connectivity index (χ4n) is 1.60. The number of carbonyl (C=O) groups is 1. The van der Waals surface area contributed by atoms with E-state index in [1.54, 1.807) is 6.07 Å². The van der Waals surface area contributed by atoms with Crippen LogP contribution in [0.15, 0.2) is 15.2 Å². The molecule has 1 aliphatic rings. The Hall–Kier alpha value is -0.430. The third-order valence-corrected chi connectivity index (χ3v) is 3.89. The second-order valence-electron chi connectivity index (χ2n) is 4.30. The highest BCUT2D eigenvalue weighted by atomic mass is 79.9. The largest absolute Gasteiger partial charge is 0.349 e. The van der Waals surface area contributed by atoms with Crippen LogP contribution in [0.1, 0.15) is 24.2 Å². The van der Waals surface area contributed by atoms with Crippen molar-refractivity contribution in [2.24, 2.45) is 0 Å². The number of rotatable bonds is 3. The smallest absolute Gasteiger partial charge is 0.252 e. The first-order valence-electron chi connectivity index (χ1n) is 5.30. The summed E-state index contributed by atoms with van der Waals surface area (Å²) in [5.41, 5.74) is 0.667. The number of hydrogen-bond acceptors (Lipinski definition) is 4. The summed E-state index contributed by atoms with van der Waals surface area (Å²) in [5.74, 6) is -0.624. The van der Waals surface area contributed by atoms with Crippen molar-refractivity contribution in [3.63, 3.8) is 0 Å². The molecule has 2 rings (SSSR count). The molecule has 6 heteroatoms. The Morgan fingerprint density at radius 3 is 3.00 bits per heavy atom. The molecule has 0 aliphatic carbocycles. The summed E-state index contributed by atoms with van der Waals surface area (Å²) < 4.78 is 12.0. The number of halogens is 1. The molecule has 17 heavy (non-hydrogen) atoms. The molecule has 94 valence electrons. The lowest BCUT2D eigenvalue weighted by Crippen LogP contribution is -2.34. The van der Waals surface area contributed by atoms with Crippen molar-refractivity contribution in [2.45, 2.75) is 25.7 Å². The molecular formula is C11H14BrNO3S. The lowest BCUT2D eigenvalue weighted by molar-refractivity contribution is -0.137. The quantitative estimate of drug-likeness (QED) is 0.930. The molecular weight excluding hydrogens is 306 g/mol. The van der Waals surface area contributed by atoms with Crippen LogP contribution in [0.25, 0.3) is 0 Å². The van der Waals surface area contributed by atoms with Gasteiger partial charge in [0.2, 0.25) is 0 Å². The first kappa shape index (κ1) is 13.0. The van der Waals surface area contributed by atoms with Gasteiger partial charge in [-0.3, -0.25) is 4.79 Å². The predicted molar refractivity (Wildman–Crippen MR) is 69.3 cm³/mol. The van der Waals surface area contributed by atoms with Crippen LogP contribution in [0.5, 0.6) is 0 Å². The van der Waals surface area contributed by atoms with Crippen LogP contribution in [-0.2, 0) is 9.47 Å². The molecule has 1 aliphatic heterocycles. The summed E-state index contributed by atoms with van der Waals surface area (Å²) in [7, 11) is 0. The van der Waals surface area contributed by atoms with Gasteiger partial charge in [0, 0.05) is 11.9 Å². The van der Waals surface area contributed by atoms with Crippen molar-refractivity contribution in [3.8, 4) is 0 Å². The average Bonchev–Trinajstić information content (AvgIpc) is 2.81. The monoisotopic (exact) mass is 319 g/mol. The van der Waals surface area contributed by atoms with Crippen molar-refractivity contribution in [2.75, 3.05) is 13.2 Å².